The first-order chi connectivity index (χ1) is 11.5. The molecule has 1 aliphatic rings. The lowest BCUT2D eigenvalue weighted by atomic mass is 10.1. The van der Waals surface area contributed by atoms with Gasteiger partial charge >= 0.3 is 0 Å². The number of benzene rings is 1. The van der Waals surface area contributed by atoms with Gasteiger partial charge in [0.1, 0.15) is 12.7 Å². The van der Waals surface area contributed by atoms with Crippen molar-refractivity contribution >= 4 is 0 Å². The van der Waals surface area contributed by atoms with E-state index in [1.165, 1.54) is 0 Å². The van der Waals surface area contributed by atoms with Gasteiger partial charge in [-0.1, -0.05) is 12.1 Å². The van der Waals surface area contributed by atoms with E-state index in [0.29, 0.717) is 18.0 Å². The van der Waals surface area contributed by atoms with Crippen LogP contribution in [0.1, 0.15) is 19.4 Å². The summed E-state index contributed by atoms with van der Waals surface area (Å²) >= 11 is 0. The fraction of sp³-hybridized carbons (Fsp3) is 0.579. The molecule has 0 amide bonds. The lowest BCUT2D eigenvalue weighted by Gasteiger charge is -2.36. The molecule has 5 heteroatoms. The Hall–Kier alpha value is -1.56. The molecule has 5 nitrogen and oxygen atoms in total. The lowest BCUT2D eigenvalue weighted by molar-refractivity contribution is -0.0787. The van der Waals surface area contributed by atoms with Gasteiger partial charge in [-0.3, -0.25) is 4.90 Å². The van der Waals surface area contributed by atoms with Crippen LogP contribution in [0.15, 0.2) is 30.9 Å². The van der Waals surface area contributed by atoms with Gasteiger partial charge in [-0.05, 0) is 38.0 Å². The molecule has 1 fully saturated rings. The molecule has 0 spiro atoms. The number of nitrogens with zero attached hydrogens (tertiary/aromatic N) is 1. The number of aliphatic hydroxyl groups is 1. The van der Waals surface area contributed by atoms with E-state index in [0.717, 1.165) is 25.1 Å². The van der Waals surface area contributed by atoms with E-state index < -0.39 is 6.10 Å². The topological polar surface area (TPSA) is 51.2 Å². The van der Waals surface area contributed by atoms with Gasteiger partial charge in [-0.2, -0.15) is 0 Å². The van der Waals surface area contributed by atoms with Gasteiger partial charge in [0.05, 0.1) is 19.3 Å². The molecule has 0 unspecified atom stereocenters. The van der Waals surface area contributed by atoms with Gasteiger partial charge in [-0.25, -0.2) is 0 Å². The average Bonchev–Trinajstić information content (AvgIpc) is 2.52. The molecule has 0 aromatic heterocycles. The molecule has 1 aliphatic heterocycles. The highest BCUT2D eigenvalue weighted by molar-refractivity contribution is 5.43. The van der Waals surface area contributed by atoms with Crippen LogP contribution in [0.2, 0.25) is 0 Å². The minimum atomic E-state index is -0.556. The Morgan fingerprint density at radius 2 is 2.04 bits per heavy atom. The maximum absolute atomic E-state index is 10.3. The van der Waals surface area contributed by atoms with Crippen LogP contribution in [-0.2, 0) is 11.2 Å². The fourth-order valence-electron chi connectivity index (χ4n) is 3.10. The number of allylic oxidation sites excluding steroid dienone is 1. The molecule has 1 aromatic rings. The third-order valence-corrected chi connectivity index (χ3v) is 4.00. The van der Waals surface area contributed by atoms with E-state index in [1.807, 2.05) is 24.3 Å². The number of hydrogen-bond donors (Lipinski definition) is 1. The standard InChI is InChI=1S/C19H29NO4/c1-5-6-16-7-8-18(19(9-16)22-4)23-13-17(21)12-20-10-14(2)24-15(3)11-20/h5,7-9,14-15,17,21H,1,6,10-13H2,2-4H3/t14-,15+,17-/m0/s1. The van der Waals surface area contributed by atoms with Gasteiger partial charge in [0, 0.05) is 19.6 Å². The summed E-state index contributed by atoms with van der Waals surface area (Å²) in [6.07, 6.45) is 2.47. The molecule has 134 valence electrons. The molecule has 0 bridgehead atoms. The van der Waals surface area contributed by atoms with Crippen LogP contribution < -0.4 is 9.47 Å². The summed E-state index contributed by atoms with van der Waals surface area (Å²) in [6, 6.07) is 5.80. The van der Waals surface area contributed by atoms with Crippen LogP contribution in [0.4, 0.5) is 0 Å². The normalized spacial score (nSPS) is 22.8. The Kier molecular flexibility index (Phi) is 7.09. The molecule has 2 rings (SSSR count). The van der Waals surface area contributed by atoms with Gasteiger partial charge in [0.2, 0.25) is 0 Å². The van der Waals surface area contributed by atoms with Crippen molar-refractivity contribution in [1.82, 2.24) is 4.90 Å². The monoisotopic (exact) mass is 335 g/mol. The summed E-state index contributed by atoms with van der Waals surface area (Å²) in [4.78, 5) is 2.22. The Morgan fingerprint density at radius 1 is 1.33 bits per heavy atom. The quantitative estimate of drug-likeness (QED) is 0.739. The number of methoxy groups -OCH3 is 1. The molecule has 0 saturated carbocycles. The highest BCUT2D eigenvalue weighted by atomic mass is 16.5. The molecule has 0 radical (unpaired) electrons. The summed E-state index contributed by atoms with van der Waals surface area (Å²) < 4.78 is 16.8. The lowest BCUT2D eigenvalue weighted by Crippen LogP contribution is -2.48. The molecular formula is C19H29NO4. The summed E-state index contributed by atoms with van der Waals surface area (Å²) in [5.74, 6) is 1.32. The highest BCUT2D eigenvalue weighted by Crippen LogP contribution is 2.28. The minimum Gasteiger partial charge on any atom is -0.493 e. The van der Waals surface area contributed by atoms with Gasteiger partial charge in [0.15, 0.2) is 11.5 Å². The predicted octanol–water partition coefficient (Wildman–Crippen LogP) is 2.27. The third kappa shape index (κ3) is 5.51. The number of ether oxygens (including phenoxy) is 3. The van der Waals surface area contributed by atoms with Crippen molar-refractivity contribution in [1.29, 1.82) is 0 Å². The number of morpholine rings is 1. The third-order valence-electron chi connectivity index (χ3n) is 4.00. The Labute approximate surface area is 144 Å². The van der Waals surface area contributed by atoms with Crippen molar-refractivity contribution in [2.45, 2.75) is 38.6 Å². The van der Waals surface area contributed by atoms with Crippen molar-refractivity contribution in [3.63, 3.8) is 0 Å². The predicted molar refractivity (Wildman–Crippen MR) is 94.8 cm³/mol. The Balaban J connectivity index is 1.86. The second-order valence-electron chi connectivity index (χ2n) is 6.42. The SMILES string of the molecule is C=CCc1ccc(OC[C@@H](O)CN2C[C@@H](C)O[C@@H](C)C2)c(OC)c1. The highest BCUT2D eigenvalue weighted by Gasteiger charge is 2.24. The molecule has 1 heterocycles. The van der Waals surface area contributed by atoms with Crippen molar-refractivity contribution < 1.29 is 19.3 Å². The van der Waals surface area contributed by atoms with Gasteiger partial charge < -0.3 is 19.3 Å². The van der Waals surface area contributed by atoms with Crippen LogP contribution in [0.25, 0.3) is 0 Å². The first-order valence-electron chi connectivity index (χ1n) is 8.48. The van der Waals surface area contributed by atoms with Crippen molar-refractivity contribution in [3.8, 4) is 11.5 Å². The molecular weight excluding hydrogens is 306 g/mol. The maximum Gasteiger partial charge on any atom is 0.161 e. The summed E-state index contributed by atoms with van der Waals surface area (Å²) in [6.45, 7) is 10.3. The van der Waals surface area contributed by atoms with Crippen LogP contribution in [0.3, 0.4) is 0 Å². The zero-order valence-electron chi connectivity index (χ0n) is 14.9. The van der Waals surface area contributed by atoms with Crippen LogP contribution >= 0.6 is 0 Å². The fourth-order valence-corrected chi connectivity index (χ4v) is 3.10. The minimum absolute atomic E-state index is 0.194. The smallest absolute Gasteiger partial charge is 0.161 e. The van der Waals surface area contributed by atoms with Crippen LogP contribution in [0.5, 0.6) is 11.5 Å². The van der Waals surface area contributed by atoms with Crippen LogP contribution in [-0.4, -0.2) is 61.7 Å². The van der Waals surface area contributed by atoms with E-state index in [1.54, 1.807) is 7.11 Å². The second-order valence-corrected chi connectivity index (χ2v) is 6.42. The zero-order valence-corrected chi connectivity index (χ0v) is 14.9. The van der Waals surface area contributed by atoms with Gasteiger partial charge in [-0.15, -0.1) is 6.58 Å². The van der Waals surface area contributed by atoms with E-state index >= 15 is 0 Å². The van der Waals surface area contributed by atoms with Crippen molar-refractivity contribution in [2.75, 3.05) is 33.4 Å². The zero-order chi connectivity index (χ0) is 17.5. The number of β-amino-alcohol motifs (C(OH)–C–C–N with tert-alkyl or cyclic N) is 1. The largest absolute Gasteiger partial charge is 0.493 e. The second kappa shape index (κ2) is 9.06. The Morgan fingerprint density at radius 3 is 2.67 bits per heavy atom. The van der Waals surface area contributed by atoms with E-state index in [-0.39, 0.29) is 18.8 Å². The molecule has 1 aromatic carbocycles. The van der Waals surface area contributed by atoms with Crippen molar-refractivity contribution in [2.24, 2.45) is 0 Å². The molecule has 24 heavy (non-hydrogen) atoms. The maximum atomic E-state index is 10.3. The average molecular weight is 335 g/mol. The first-order valence-corrected chi connectivity index (χ1v) is 8.48. The number of rotatable bonds is 8. The van der Waals surface area contributed by atoms with Crippen molar-refractivity contribution in [3.05, 3.63) is 36.4 Å². The molecule has 1 saturated heterocycles. The van der Waals surface area contributed by atoms with E-state index in [2.05, 4.69) is 25.3 Å². The summed E-state index contributed by atoms with van der Waals surface area (Å²) in [5.41, 5.74) is 1.12. The summed E-state index contributed by atoms with van der Waals surface area (Å²) in [5, 5.41) is 10.3. The molecule has 1 N–H and O–H groups in total. The van der Waals surface area contributed by atoms with Crippen LogP contribution in [0, 0.1) is 0 Å². The summed E-state index contributed by atoms with van der Waals surface area (Å²) in [7, 11) is 1.62. The Bertz CT molecular complexity index is 524. The van der Waals surface area contributed by atoms with Gasteiger partial charge in [0.25, 0.3) is 0 Å². The number of hydrogen-bond acceptors (Lipinski definition) is 5. The first kappa shape index (κ1) is 18.8. The van der Waals surface area contributed by atoms with E-state index in [9.17, 15) is 5.11 Å². The molecule has 0 aliphatic carbocycles. The molecule has 3 atom stereocenters. The number of aliphatic hydroxyl groups excluding tert-OH is 1. The van der Waals surface area contributed by atoms with E-state index in [4.69, 9.17) is 14.2 Å².